The maximum atomic E-state index is 12.2. The van der Waals surface area contributed by atoms with Crippen molar-refractivity contribution in [3.8, 4) is 0 Å². The summed E-state index contributed by atoms with van der Waals surface area (Å²) in [5.41, 5.74) is -6.88. The minimum atomic E-state index is -3.46. The first-order chi connectivity index (χ1) is 11.0. The van der Waals surface area contributed by atoms with Gasteiger partial charge in [-0.25, -0.2) is 0 Å². The number of carbonyl (C=O) groups excluding carboxylic acids is 4. The molecular weight excluding hydrogens is 451 g/mol. The molecule has 0 heterocycles. The number of aliphatic hydroxyl groups is 5. The lowest BCUT2D eigenvalue weighted by Gasteiger charge is -2.45. The molecule has 0 rings (SSSR count). The topological polar surface area (TPSA) is 169 Å². The van der Waals surface area contributed by atoms with E-state index >= 15 is 0 Å². The summed E-state index contributed by atoms with van der Waals surface area (Å²) in [6, 6.07) is 0. The monoisotopic (exact) mass is 476 g/mol. The summed E-state index contributed by atoms with van der Waals surface area (Å²) in [4.78, 5) is 46.8. The second-order valence-corrected chi connectivity index (χ2v) is 5.38. The van der Waals surface area contributed by atoms with Crippen LogP contribution in [0.15, 0.2) is 0 Å². The number of halogens is 1. The second kappa shape index (κ2) is 10.4. The highest BCUT2D eigenvalue weighted by atomic mass is 127. The molecule has 0 aliphatic heterocycles. The van der Waals surface area contributed by atoms with Crippen molar-refractivity contribution in [3.63, 3.8) is 0 Å². The quantitative estimate of drug-likeness (QED) is 0.172. The van der Waals surface area contributed by atoms with Gasteiger partial charge in [-0.2, -0.15) is 0 Å². The zero-order chi connectivity index (χ0) is 19.3. The van der Waals surface area contributed by atoms with Crippen LogP contribution in [0.4, 0.5) is 0 Å². The standard InChI is InChI=1S/C15H24O9.HI/c1-4-8(17)12(21)13(22)15(24,10(19)6-3)14(23,9(18)5-2)11(20)7-16;/h7,11-13,20-24H,4-6H2,1-3H3;1H/t11-,12?,13+,14+,15+;/m0./s1. The summed E-state index contributed by atoms with van der Waals surface area (Å²) >= 11 is 0. The third-order valence-electron chi connectivity index (χ3n) is 4.04. The number of hydrogen-bond acceptors (Lipinski definition) is 9. The van der Waals surface area contributed by atoms with E-state index in [2.05, 4.69) is 0 Å². The SMILES string of the molecule is CCC(=O)C(O)[C@@H](O)[C@](O)(C(=O)CC)[C@@](O)(C(=O)CC)[C@@H](O)C=O.I. The van der Waals surface area contributed by atoms with E-state index in [1.54, 1.807) is 0 Å². The Morgan fingerprint density at radius 1 is 0.880 bits per heavy atom. The first-order valence-corrected chi connectivity index (χ1v) is 7.53. The molecule has 5 N–H and O–H groups in total. The van der Waals surface area contributed by atoms with Gasteiger partial charge in [0.15, 0.2) is 34.8 Å². The van der Waals surface area contributed by atoms with Gasteiger partial charge in [-0.1, -0.05) is 20.8 Å². The zero-order valence-electron chi connectivity index (χ0n) is 14.2. The number of aldehydes is 1. The molecule has 0 aromatic heterocycles. The van der Waals surface area contributed by atoms with Gasteiger partial charge in [-0.05, 0) is 0 Å². The van der Waals surface area contributed by atoms with Gasteiger partial charge in [0.1, 0.15) is 18.3 Å². The maximum absolute atomic E-state index is 12.2. The third-order valence-corrected chi connectivity index (χ3v) is 4.04. The minimum absolute atomic E-state index is 0. The van der Waals surface area contributed by atoms with Gasteiger partial charge in [0.05, 0.1) is 0 Å². The molecule has 5 atom stereocenters. The lowest BCUT2D eigenvalue weighted by atomic mass is 9.67. The highest BCUT2D eigenvalue weighted by Gasteiger charge is 2.66. The molecule has 0 saturated carbocycles. The van der Waals surface area contributed by atoms with E-state index in [-0.39, 0.29) is 36.7 Å². The van der Waals surface area contributed by atoms with Crippen LogP contribution in [-0.4, -0.2) is 78.7 Å². The Morgan fingerprint density at radius 2 is 1.28 bits per heavy atom. The average molecular weight is 476 g/mol. The molecule has 0 aromatic rings. The Morgan fingerprint density at radius 3 is 1.60 bits per heavy atom. The first-order valence-electron chi connectivity index (χ1n) is 7.53. The van der Waals surface area contributed by atoms with Crippen LogP contribution in [0.3, 0.4) is 0 Å². The van der Waals surface area contributed by atoms with Gasteiger partial charge >= 0.3 is 0 Å². The van der Waals surface area contributed by atoms with Crippen molar-refractivity contribution >= 4 is 47.6 Å². The largest absolute Gasteiger partial charge is 0.386 e. The molecule has 0 aromatic carbocycles. The number of aliphatic hydroxyl groups excluding tert-OH is 3. The predicted octanol–water partition coefficient (Wildman–Crippen LogP) is -1.71. The fourth-order valence-electron chi connectivity index (χ4n) is 2.46. The molecular formula is C15H25IO9. The smallest absolute Gasteiger partial charge is 0.194 e. The van der Waals surface area contributed by atoms with E-state index < -0.39 is 59.7 Å². The molecule has 146 valence electrons. The van der Waals surface area contributed by atoms with E-state index in [9.17, 15) is 44.7 Å². The molecule has 0 aliphatic carbocycles. The molecule has 9 nitrogen and oxygen atoms in total. The third kappa shape index (κ3) is 4.49. The summed E-state index contributed by atoms with van der Waals surface area (Å²) in [6.45, 7) is 3.78. The molecule has 0 spiro atoms. The van der Waals surface area contributed by atoms with Crippen LogP contribution in [0.2, 0.25) is 0 Å². The predicted molar refractivity (Wildman–Crippen MR) is 95.3 cm³/mol. The van der Waals surface area contributed by atoms with Gasteiger partial charge in [0, 0.05) is 19.3 Å². The highest BCUT2D eigenvalue weighted by molar-refractivity contribution is 14.0. The lowest BCUT2D eigenvalue weighted by molar-refractivity contribution is -0.234. The highest BCUT2D eigenvalue weighted by Crippen LogP contribution is 2.35. The number of ketones is 3. The van der Waals surface area contributed by atoms with Crippen molar-refractivity contribution < 1.29 is 44.7 Å². The summed E-state index contributed by atoms with van der Waals surface area (Å²) in [7, 11) is 0. The Balaban J connectivity index is 0. The fourth-order valence-corrected chi connectivity index (χ4v) is 2.46. The molecule has 0 aliphatic rings. The number of rotatable bonds is 11. The molecule has 0 saturated heterocycles. The van der Waals surface area contributed by atoms with Crippen molar-refractivity contribution in [3.05, 3.63) is 0 Å². The van der Waals surface area contributed by atoms with Crippen molar-refractivity contribution in [2.75, 3.05) is 0 Å². The van der Waals surface area contributed by atoms with E-state index in [0.29, 0.717) is 0 Å². The Labute approximate surface area is 162 Å². The molecule has 0 amide bonds. The first kappa shape index (κ1) is 26.4. The van der Waals surface area contributed by atoms with Crippen LogP contribution in [0, 0.1) is 0 Å². The van der Waals surface area contributed by atoms with Gasteiger partial charge in [0.2, 0.25) is 0 Å². The minimum Gasteiger partial charge on any atom is -0.386 e. The lowest BCUT2D eigenvalue weighted by Crippen LogP contribution is -2.76. The normalized spacial score (nSPS) is 19.4. The fraction of sp³-hybridized carbons (Fsp3) is 0.733. The van der Waals surface area contributed by atoms with Gasteiger partial charge in [-0.15, -0.1) is 24.0 Å². The van der Waals surface area contributed by atoms with Crippen LogP contribution in [0.1, 0.15) is 40.0 Å². The zero-order valence-corrected chi connectivity index (χ0v) is 16.5. The van der Waals surface area contributed by atoms with Crippen LogP contribution in [-0.2, 0) is 19.2 Å². The Hall–Kier alpha value is -0.790. The second-order valence-electron chi connectivity index (χ2n) is 5.38. The number of Topliss-reactive ketones (excluding diaryl/α,β-unsaturated/α-hetero) is 3. The molecule has 25 heavy (non-hydrogen) atoms. The van der Waals surface area contributed by atoms with E-state index in [4.69, 9.17) is 0 Å². The summed E-state index contributed by atoms with van der Waals surface area (Å²) < 4.78 is 0. The summed E-state index contributed by atoms with van der Waals surface area (Å²) in [5, 5.41) is 51.0. The van der Waals surface area contributed by atoms with Crippen LogP contribution < -0.4 is 0 Å². The van der Waals surface area contributed by atoms with Crippen molar-refractivity contribution in [2.45, 2.75) is 69.5 Å². The molecule has 0 bridgehead atoms. The maximum Gasteiger partial charge on any atom is 0.194 e. The van der Waals surface area contributed by atoms with Crippen LogP contribution in [0.25, 0.3) is 0 Å². The Bertz CT molecular complexity index is 509. The van der Waals surface area contributed by atoms with Gasteiger partial charge in [-0.3, -0.25) is 14.4 Å². The van der Waals surface area contributed by atoms with Crippen molar-refractivity contribution in [1.29, 1.82) is 0 Å². The average Bonchev–Trinajstić information content (AvgIpc) is 2.61. The van der Waals surface area contributed by atoms with Crippen molar-refractivity contribution in [2.24, 2.45) is 0 Å². The van der Waals surface area contributed by atoms with Gasteiger partial charge in [0.25, 0.3) is 0 Å². The number of carbonyl (C=O) groups is 4. The van der Waals surface area contributed by atoms with Gasteiger partial charge < -0.3 is 30.3 Å². The molecule has 10 heteroatoms. The van der Waals surface area contributed by atoms with Crippen LogP contribution >= 0.6 is 24.0 Å². The molecule has 0 fully saturated rings. The Kier molecular flexibility index (Phi) is 11.0. The van der Waals surface area contributed by atoms with E-state index in [0.717, 1.165) is 0 Å². The van der Waals surface area contributed by atoms with Crippen LogP contribution in [0.5, 0.6) is 0 Å². The van der Waals surface area contributed by atoms with E-state index in [1.165, 1.54) is 20.8 Å². The number of hydrogen-bond donors (Lipinski definition) is 5. The van der Waals surface area contributed by atoms with Crippen molar-refractivity contribution in [1.82, 2.24) is 0 Å². The molecule has 0 radical (unpaired) electrons. The van der Waals surface area contributed by atoms with E-state index in [1.807, 2.05) is 0 Å². The summed E-state index contributed by atoms with van der Waals surface area (Å²) in [6.07, 6.45) is -9.11. The summed E-state index contributed by atoms with van der Waals surface area (Å²) in [5.74, 6) is -3.62. The molecule has 1 unspecified atom stereocenters.